The summed E-state index contributed by atoms with van der Waals surface area (Å²) >= 11 is 0. The Hall–Kier alpha value is -1.35. The summed E-state index contributed by atoms with van der Waals surface area (Å²) in [6.45, 7) is 3.32. The molecule has 1 fully saturated rings. The summed E-state index contributed by atoms with van der Waals surface area (Å²) < 4.78 is 0. The highest BCUT2D eigenvalue weighted by Gasteiger charge is 2.20. The molecule has 1 saturated carbocycles. The molecular weight excluding hydrogens is 260 g/mol. The van der Waals surface area contributed by atoms with E-state index >= 15 is 0 Å². The van der Waals surface area contributed by atoms with Crippen molar-refractivity contribution in [2.75, 3.05) is 11.4 Å². The van der Waals surface area contributed by atoms with Gasteiger partial charge in [0.1, 0.15) is 0 Å². The van der Waals surface area contributed by atoms with Gasteiger partial charge < -0.3 is 10.6 Å². The van der Waals surface area contributed by atoms with Crippen LogP contribution in [0, 0.1) is 5.92 Å². The fourth-order valence-electron chi connectivity index (χ4n) is 3.24. The second kappa shape index (κ2) is 8.18. The lowest BCUT2D eigenvalue weighted by Gasteiger charge is -2.24. The lowest BCUT2D eigenvalue weighted by atomic mass is 9.96. The van der Waals surface area contributed by atoms with Gasteiger partial charge in [0.25, 0.3) is 0 Å². The largest absolute Gasteiger partial charge is 0.326 e. The molecule has 1 aromatic rings. The molecule has 1 aromatic carbocycles. The summed E-state index contributed by atoms with van der Waals surface area (Å²) in [7, 11) is 0. The molecule has 3 nitrogen and oxygen atoms in total. The van der Waals surface area contributed by atoms with E-state index in [1.54, 1.807) is 0 Å². The van der Waals surface area contributed by atoms with Crippen LogP contribution in [-0.2, 0) is 11.3 Å². The van der Waals surface area contributed by atoms with Crippen molar-refractivity contribution < 1.29 is 4.79 Å². The van der Waals surface area contributed by atoms with Gasteiger partial charge in [-0.3, -0.25) is 4.79 Å². The van der Waals surface area contributed by atoms with Gasteiger partial charge >= 0.3 is 0 Å². The molecule has 1 aliphatic rings. The van der Waals surface area contributed by atoms with Gasteiger partial charge in [0.15, 0.2) is 0 Å². The maximum Gasteiger partial charge on any atom is 0.227 e. The molecule has 0 heterocycles. The number of rotatable bonds is 5. The van der Waals surface area contributed by atoms with Gasteiger partial charge in [-0.25, -0.2) is 0 Å². The lowest BCUT2D eigenvalue weighted by Crippen LogP contribution is -2.32. The molecule has 0 saturated heterocycles. The van der Waals surface area contributed by atoms with E-state index in [2.05, 4.69) is 0 Å². The van der Waals surface area contributed by atoms with Gasteiger partial charge in [0.2, 0.25) is 5.91 Å². The molecule has 21 heavy (non-hydrogen) atoms. The van der Waals surface area contributed by atoms with Crippen LogP contribution in [-0.4, -0.2) is 12.5 Å². The monoisotopic (exact) mass is 288 g/mol. The highest BCUT2D eigenvalue weighted by Crippen LogP contribution is 2.27. The van der Waals surface area contributed by atoms with E-state index in [0.29, 0.717) is 18.9 Å². The van der Waals surface area contributed by atoms with Crippen LogP contribution in [0.3, 0.4) is 0 Å². The number of nitrogens with zero attached hydrogens (tertiary/aromatic N) is 1. The van der Waals surface area contributed by atoms with Crippen LogP contribution in [0.5, 0.6) is 0 Å². The second-order valence-electron chi connectivity index (χ2n) is 6.07. The molecule has 2 N–H and O–H groups in total. The third-order valence-corrected chi connectivity index (χ3v) is 4.54. The van der Waals surface area contributed by atoms with Crippen molar-refractivity contribution >= 4 is 11.6 Å². The average Bonchev–Trinajstić information content (AvgIpc) is 2.77. The Morgan fingerprint density at radius 1 is 1.14 bits per heavy atom. The molecular formula is C18H28N2O. The first-order chi connectivity index (χ1) is 10.2. The van der Waals surface area contributed by atoms with Crippen LogP contribution in [0.1, 0.15) is 57.4 Å². The number of carbonyl (C=O) groups excluding carboxylic acids is 1. The predicted molar refractivity (Wildman–Crippen MR) is 88.2 cm³/mol. The Kier molecular flexibility index (Phi) is 6.24. The molecule has 116 valence electrons. The quantitative estimate of drug-likeness (QED) is 0.836. The second-order valence-corrected chi connectivity index (χ2v) is 6.07. The minimum Gasteiger partial charge on any atom is -0.326 e. The molecule has 0 spiro atoms. The van der Waals surface area contributed by atoms with Crippen molar-refractivity contribution in [3.05, 3.63) is 29.8 Å². The molecule has 3 heteroatoms. The van der Waals surface area contributed by atoms with Crippen LogP contribution >= 0.6 is 0 Å². The first-order valence-electron chi connectivity index (χ1n) is 8.34. The fraction of sp³-hybridized carbons (Fsp3) is 0.611. The lowest BCUT2D eigenvalue weighted by molar-refractivity contribution is -0.119. The van der Waals surface area contributed by atoms with Crippen molar-refractivity contribution in [3.63, 3.8) is 0 Å². The van der Waals surface area contributed by atoms with E-state index in [0.717, 1.165) is 17.8 Å². The first-order valence-corrected chi connectivity index (χ1v) is 8.34. The maximum atomic E-state index is 12.6. The summed E-state index contributed by atoms with van der Waals surface area (Å²) in [6.07, 6.45) is 8.38. The van der Waals surface area contributed by atoms with Crippen LogP contribution in [0.2, 0.25) is 0 Å². The van der Waals surface area contributed by atoms with E-state index in [1.165, 1.54) is 38.5 Å². The van der Waals surface area contributed by atoms with Crippen molar-refractivity contribution in [1.29, 1.82) is 0 Å². The Bertz CT molecular complexity index is 433. The van der Waals surface area contributed by atoms with E-state index < -0.39 is 0 Å². The van der Waals surface area contributed by atoms with Crippen molar-refractivity contribution in [2.45, 2.75) is 58.4 Å². The molecule has 1 aliphatic carbocycles. The number of benzene rings is 1. The molecule has 0 aliphatic heterocycles. The van der Waals surface area contributed by atoms with E-state index in [-0.39, 0.29) is 5.91 Å². The zero-order valence-corrected chi connectivity index (χ0v) is 13.2. The Balaban J connectivity index is 1.99. The molecule has 0 atom stereocenters. The van der Waals surface area contributed by atoms with Gasteiger partial charge in [-0.1, -0.05) is 37.8 Å². The topological polar surface area (TPSA) is 46.3 Å². The normalized spacial score (nSPS) is 16.5. The van der Waals surface area contributed by atoms with E-state index in [9.17, 15) is 4.79 Å². The number of carbonyl (C=O) groups is 1. The maximum absolute atomic E-state index is 12.6. The van der Waals surface area contributed by atoms with Gasteiger partial charge in [0.05, 0.1) is 0 Å². The minimum atomic E-state index is 0.268. The third kappa shape index (κ3) is 4.57. The van der Waals surface area contributed by atoms with Crippen molar-refractivity contribution in [3.8, 4) is 0 Å². The highest BCUT2D eigenvalue weighted by molar-refractivity contribution is 5.93. The van der Waals surface area contributed by atoms with Gasteiger partial charge in [-0.2, -0.15) is 0 Å². The number of hydrogen-bond donors (Lipinski definition) is 1. The molecule has 0 aromatic heterocycles. The number of amides is 1. The summed E-state index contributed by atoms with van der Waals surface area (Å²) in [5.41, 5.74) is 7.72. The smallest absolute Gasteiger partial charge is 0.227 e. The van der Waals surface area contributed by atoms with Crippen LogP contribution in [0.15, 0.2) is 24.3 Å². The summed E-state index contributed by atoms with van der Waals surface area (Å²) in [5.74, 6) is 0.849. The van der Waals surface area contributed by atoms with Gasteiger partial charge in [0, 0.05) is 25.2 Å². The Morgan fingerprint density at radius 3 is 2.29 bits per heavy atom. The van der Waals surface area contributed by atoms with Crippen molar-refractivity contribution in [2.24, 2.45) is 11.7 Å². The predicted octanol–water partition coefficient (Wildman–Crippen LogP) is 3.86. The third-order valence-electron chi connectivity index (χ3n) is 4.54. The first kappa shape index (κ1) is 16.0. The zero-order chi connectivity index (χ0) is 15.1. The summed E-state index contributed by atoms with van der Waals surface area (Å²) in [5, 5.41) is 0. The summed E-state index contributed by atoms with van der Waals surface area (Å²) in [4.78, 5) is 14.5. The fourth-order valence-corrected chi connectivity index (χ4v) is 3.24. The molecule has 0 unspecified atom stereocenters. The molecule has 0 bridgehead atoms. The van der Waals surface area contributed by atoms with Crippen LogP contribution in [0.4, 0.5) is 5.69 Å². The molecule has 1 amide bonds. The van der Waals surface area contributed by atoms with E-state index in [4.69, 9.17) is 5.73 Å². The SMILES string of the molecule is CCN(C(=O)CC1CCCCCC1)c1ccc(CN)cc1. The van der Waals surface area contributed by atoms with Crippen LogP contribution < -0.4 is 10.6 Å². The Morgan fingerprint density at radius 2 is 1.76 bits per heavy atom. The average molecular weight is 288 g/mol. The number of hydrogen-bond acceptors (Lipinski definition) is 2. The van der Waals surface area contributed by atoms with Gasteiger partial charge in [-0.15, -0.1) is 0 Å². The summed E-state index contributed by atoms with van der Waals surface area (Å²) in [6, 6.07) is 8.04. The van der Waals surface area contributed by atoms with Crippen molar-refractivity contribution in [1.82, 2.24) is 0 Å². The molecule has 0 radical (unpaired) electrons. The molecule has 2 rings (SSSR count). The number of nitrogens with two attached hydrogens (primary N) is 1. The highest BCUT2D eigenvalue weighted by atomic mass is 16.2. The Labute approximate surface area is 128 Å². The minimum absolute atomic E-state index is 0.268. The standard InChI is InChI=1S/C18H28N2O/c1-2-20(17-11-9-16(14-19)10-12-17)18(21)13-15-7-5-3-4-6-8-15/h9-12,15H,2-8,13-14,19H2,1H3. The number of anilines is 1. The van der Waals surface area contributed by atoms with E-state index in [1.807, 2.05) is 36.1 Å². The zero-order valence-electron chi connectivity index (χ0n) is 13.2. The van der Waals surface area contributed by atoms with Crippen LogP contribution in [0.25, 0.3) is 0 Å². The van der Waals surface area contributed by atoms with Gasteiger partial charge in [-0.05, 0) is 43.4 Å².